The van der Waals surface area contributed by atoms with Crippen LogP contribution < -0.4 is 11.1 Å². The van der Waals surface area contributed by atoms with Crippen molar-refractivity contribution in [1.82, 2.24) is 13.6 Å². The number of nitrogens with one attached hydrogen (secondary N) is 1. The van der Waals surface area contributed by atoms with E-state index in [1.807, 2.05) is 7.05 Å². The lowest BCUT2D eigenvalue weighted by Crippen LogP contribution is -2.26. The van der Waals surface area contributed by atoms with Crippen LogP contribution in [0.4, 0.5) is 10.8 Å². The number of sulfonamides is 1. The highest BCUT2D eigenvalue weighted by atomic mass is 32.2. The lowest BCUT2D eigenvalue weighted by atomic mass is 10.3. The average Bonchev–Trinajstić information content (AvgIpc) is 2.86. The van der Waals surface area contributed by atoms with Gasteiger partial charge in [0.25, 0.3) is 0 Å². The monoisotopic (exact) mass is 305 g/mol. The lowest BCUT2D eigenvalue weighted by molar-refractivity contribution is 0.414. The summed E-state index contributed by atoms with van der Waals surface area (Å²) in [4.78, 5) is 2.29. The van der Waals surface area contributed by atoms with Crippen molar-refractivity contribution in [2.45, 2.75) is 17.4 Å². The molecule has 1 aromatic heterocycles. The first kappa shape index (κ1) is 14.5. The van der Waals surface area contributed by atoms with E-state index in [4.69, 9.17) is 5.73 Å². The molecule has 0 amide bonds. The minimum absolute atomic E-state index is 0.0625. The summed E-state index contributed by atoms with van der Waals surface area (Å²) in [6.07, 6.45) is 0.982. The van der Waals surface area contributed by atoms with Crippen LogP contribution in [0.2, 0.25) is 0 Å². The van der Waals surface area contributed by atoms with Crippen LogP contribution >= 0.6 is 11.5 Å². The molecule has 7 nitrogen and oxygen atoms in total. The van der Waals surface area contributed by atoms with Crippen LogP contribution in [0, 0.1) is 0 Å². The van der Waals surface area contributed by atoms with Crippen LogP contribution in [0.5, 0.6) is 0 Å². The van der Waals surface area contributed by atoms with E-state index in [-0.39, 0.29) is 16.8 Å². The molecule has 3 N–H and O–H groups in total. The Morgan fingerprint density at radius 2 is 2.21 bits per heavy atom. The van der Waals surface area contributed by atoms with Gasteiger partial charge in [0.05, 0.1) is 0 Å². The van der Waals surface area contributed by atoms with Gasteiger partial charge in [0.2, 0.25) is 10.0 Å². The van der Waals surface area contributed by atoms with Gasteiger partial charge in [-0.3, -0.25) is 0 Å². The minimum Gasteiger partial charge on any atom is -0.382 e. The van der Waals surface area contributed by atoms with E-state index in [0.717, 1.165) is 35.3 Å². The van der Waals surface area contributed by atoms with Crippen molar-refractivity contribution < 1.29 is 8.42 Å². The number of anilines is 2. The second kappa shape index (κ2) is 5.23. The second-order valence-electron chi connectivity index (χ2n) is 4.91. The average molecular weight is 305 g/mol. The number of aromatic nitrogens is 1. The molecular weight excluding hydrogens is 286 g/mol. The minimum atomic E-state index is -3.57. The van der Waals surface area contributed by atoms with Crippen molar-refractivity contribution in [2.24, 2.45) is 0 Å². The van der Waals surface area contributed by atoms with Crippen LogP contribution in [0.3, 0.4) is 0 Å². The molecule has 2 rings (SSSR count). The van der Waals surface area contributed by atoms with Crippen molar-refractivity contribution >= 4 is 32.4 Å². The van der Waals surface area contributed by atoms with Gasteiger partial charge < -0.3 is 16.0 Å². The Bertz CT molecular complexity index is 554. The molecule has 0 aromatic carbocycles. The summed E-state index contributed by atoms with van der Waals surface area (Å²) >= 11 is 1.10. The molecule has 1 aliphatic heterocycles. The fraction of sp³-hybridized carbons (Fsp3) is 0.700. The Kier molecular flexibility index (Phi) is 4.00. The van der Waals surface area contributed by atoms with Crippen LogP contribution in [-0.4, -0.2) is 62.3 Å². The van der Waals surface area contributed by atoms with E-state index in [2.05, 4.69) is 14.6 Å². The summed E-state index contributed by atoms with van der Waals surface area (Å²) in [6, 6.07) is 0.237. The maximum Gasteiger partial charge on any atom is 0.249 e. The van der Waals surface area contributed by atoms with Crippen molar-refractivity contribution in [3.05, 3.63) is 0 Å². The van der Waals surface area contributed by atoms with E-state index in [1.165, 1.54) is 14.1 Å². The molecule has 0 saturated carbocycles. The molecule has 0 aliphatic carbocycles. The predicted molar refractivity (Wildman–Crippen MR) is 76.9 cm³/mol. The van der Waals surface area contributed by atoms with Gasteiger partial charge in [-0.1, -0.05) is 0 Å². The Morgan fingerprint density at radius 3 is 2.74 bits per heavy atom. The highest BCUT2D eigenvalue weighted by Crippen LogP contribution is 2.34. The molecule has 0 spiro atoms. The fourth-order valence-electron chi connectivity index (χ4n) is 2.06. The molecule has 0 bridgehead atoms. The summed E-state index contributed by atoms with van der Waals surface area (Å²) in [6.45, 7) is 1.89. The van der Waals surface area contributed by atoms with Gasteiger partial charge in [-0.15, -0.1) is 0 Å². The zero-order valence-electron chi connectivity index (χ0n) is 11.3. The summed E-state index contributed by atoms with van der Waals surface area (Å²) in [5.74, 6) is 0.0625. The van der Waals surface area contributed by atoms with Crippen LogP contribution in [-0.2, 0) is 10.0 Å². The SMILES string of the molecule is CN1CCC(Nc2snc(N)c2S(=O)(=O)N(C)C)C1. The van der Waals surface area contributed by atoms with Gasteiger partial charge in [0.1, 0.15) is 5.00 Å². The number of likely N-dealkylation sites (tertiary alicyclic amines) is 1. The van der Waals surface area contributed by atoms with Gasteiger partial charge in [-0.05, 0) is 31.5 Å². The molecule has 2 heterocycles. The topological polar surface area (TPSA) is 91.6 Å². The third-order valence-electron chi connectivity index (χ3n) is 3.14. The van der Waals surface area contributed by atoms with Gasteiger partial charge in [0, 0.05) is 26.7 Å². The number of hydrogen-bond acceptors (Lipinski definition) is 7. The largest absolute Gasteiger partial charge is 0.382 e. The molecule has 1 atom stereocenters. The summed E-state index contributed by atoms with van der Waals surface area (Å²) in [5.41, 5.74) is 5.71. The molecule has 1 fully saturated rings. The standard InChI is InChI=1S/C10H19N5O2S2/c1-14(2)19(16,17)8-9(11)13-18-10(8)12-7-4-5-15(3)6-7/h7,12H,4-6H2,1-3H3,(H2,11,13). The number of hydrogen-bond donors (Lipinski definition) is 2. The van der Waals surface area contributed by atoms with E-state index in [1.54, 1.807) is 0 Å². The first-order valence-electron chi connectivity index (χ1n) is 5.95. The van der Waals surface area contributed by atoms with Gasteiger partial charge >= 0.3 is 0 Å². The Labute approximate surface area is 117 Å². The van der Waals surface area contributed by atoms with Crippen LogP contribution in [0.1, 0.15) is 6.42 Å². The number of nitrogens with zero attached hydrogens (tertiary/aromatic N) is 3. The molecule has 1 unspecified atom stereocenters. The molecule has 1 saturated heterocycles. The zero-order valence-corrected chi connectivity index (χ0v) is 12.9. The molecule has 9 heteroatoms. The van der Waals surface area contributed by atoms with Crippen molar-refractivity contribution in [1.29, 1.82) is 0 Å². The fourth-order valence-corrected chi connectivity index (χ4v) is 4.20. The van der Waals surface area contributed by atoms with Gasteiger partial charge in [-0.2, -0.15) is 4.37 Å². The number of nitrogen functional groups attached to an aromatic ring is 1. The zero-order chi connectivity index (χ0) is 14.2. The highest BCUT2D eigenvalue weighted by Gasteiger charge is 2.29. The predicted octanol–water partition coefficient (Wildman–Crippen LogP) is 0.0916. The Morgan fingerprint density at radius 1 is 1.53 bits per heavy atom. The lowest BCUT2D eigenvalue weighted by Gasteiger charge is -2.16. The van der Waals surface area contributed by atoms with Crippen molar-refractivity contribution in [3.8, 4) is 0 Å². The summed E-state index contributed by atoms with van der Waals surface area (Å²) in [7, 11) is 1.44. The Balaban J connectivity index is 2.28. The quantitative estimate of drug-likeness (QED) is 0.819. The first-order chi connectivity index (χ1) is 8.82. The molecule has 19 heavy (non-hydrogen) atoms. The van der Waals surface area contributed by atoms with Crippen LogP contribution in [0.25, 0.3) is 0 Å². The third kappa shape index (κ3) is 2.83. The van der Waals surface area contributed by atoms with Gasteiger partial charge in [0.15, 0.2) is 10.7 Å². The second-order valence-corrected chi connectivity index (χ2v) is 7.77. The molecular formula is C10H19N5O2S2. The molecule has 1 aromatic rings. The normalized spacial score (nSPS) is 21.2. The third-order valence-corrected chi connectivity index (χ3v) is 5.95. The molecule has 108 valence electrons. The summed E-state index contributed by atoms with van der Waals surface area (Å²) < 4.78 is 29.6. The van der Waals surface area contributed by atoms with E-state index in [0.29, 0.717) is 5.00 Å². The van der Waals surface area contributed by atoms with Crippen molar-refractivity contribution in [2.75, 3.05) is 45.3 Å². The number of likely N-dealkylation sites (N-methyl/N-ethyl adjacent to an activating group) is 1. The van der Waals surface area contributed by atoms with Gasteiger partial charge in [-0.25, -0.2) is 12.7 Å². The smallest absolute Gasteiger partial charge is 0.249 e. The number of rotatable bonds is 4. The van der Waals surface area contributed by atoms with E-state index >= 15 is 0 Å². The number of nitrogens with two attached hydrogens (primary N) is 1. The maximum atomic E-state index is 12.2. The van der Waals surface area contributed by atoms with Crippen molar-refractivity contribution in [3.63, 3.8) is 0 Å². The summed E-state index contributed by atoms with van der Waals surface area (Å²) in [5, 5.41) is 3.78. The maximum absolute atomic E-state index is 12.2. The Hall–Kier alpha value is -0.900. The molecule has 1 aliphatic rings. The van der Waals surface area contributed by atoms with E-state index in [9.17, 15) is 8.42 Å². The highest BCUT2D eigenvalue weighted by molar-refractivity contribution is 7.89. The van der Waals surface area contributed by atoms with Crippen LogP contribution in [0.15, 0.2) is 4.90 Å². The molecule has 0 radical (unpaired) electrons. The van der Waals surface area contributed by atoms with E-state index < -0.39 is 10.0 Å². The first-order valence-corrected chi connectivity index (χ1v) is 8.16.